The summed E-state index contributed by atoms with van der Waals surface area (Å²) in [5, 5.41) is 2.99. The standard InChI is InChI=1S/C11H12BrNO.C9H10BrN.C2H3ClO/c1-8(14)13-5-4-9-2-3-11(12)6-10(9)7-13;10-9-2-1-7-3-4-11-6-8(7)5-9;1-2(3)4/h2-3,6H,4-5,7H2,1H3;1-2,5,11H,3-4,6H2;1H3. The molecule has 0 fully saturated rings. The first-order chi connectivity index (χ1) is 13.8. The van der Waals surface area contributed by atoms with E-state index in [-0.39, 0.29) is 11.1 Å². The van der Waals surface area contributed by atoms with Crippen LogP contribution in [-0.2, 0) is 35.5 Å². The van der Waals surface area contributed by atoms with E-state index in [9.17, 15) is 9.59 Å². The number of fused-ring (bicyclic) bond motifs is 2. The Morgan fingerprint density at radius 2 is 1.48 bits per heavy atom. The quantitative estimate of drug-likeness (QED) is 0.463. The highest BCUT2D eigenvalue weighted by atomic mass is 79.9. The summed E-state index contributed by atoms with van der Waals surface area (Å²) < 4.78 is 2.27. The molecular formula is C22H25Br2ClN2O2. The van der Waals surface area contributed by atoms with Crippen molar-refractivity contribution in [3.05, 3.63) is 67.6 Å². The van der Waals surface area contributed by atoms with Crippen LogP contribution in [0.1, 0.15) is 36.1 Å². The Balaban J connectivity index is 0.000000179. The Bertz CT molecular complexity index is 870. The van der Waals surface area contributed by atoms with Gasteiger partial charge in [-0.1, -0.05) is 44.0 Å². The number of hydrogen-bond acceptors (Lipinski definition) is 3. The average molecular weight is 545 g/mol. The van der Waals surface area contributed by atoms with E-state index in [1.54, 1.807) is 6.92 Å². The molecule has 0 aliphatic carbocycles. The molecule has 2 aromatic carbocycles. The number of halogens is 3. The molecule has 4 nitrogen and oxygen atoms in total. The van der Waals surface area contributed by atoms with Crippen molar-refractivity contribution in [1.29, 1.82) is 0 Å². The first kappa shape index (κ1) is 24.1. The van der Waals surface area contributed by atoms with Gasteiger partial charge in [-0.05, 0) is 77.5 Å². The molecule has 0 spiro atoms. The fraction of sp³-hybridized carbons (Fsp3) is 0.364. The monoisotopic (exact) mass is 542 g/mol. The lowest BCUT2D eigenvalue weighted by molar-refractivity contribution is -0.129. The van der Waals surface area contributed by atoms with Crippen molar-refractivity contribution in [1.82, 2.24) is 10.2 Å². The summed E-state index contributed by atoms with van der Waals surface area (Å²) in [6, 6.07) is 12.8. The first-order valence-corrected chi connectivity index (χ1v) is 11.4. The summed E-state index contributed by atoms with van der Waals surface area (Å²) in [7, 11) is 0. The van der Waals surface area contributed by atoms with Crippen LogP contribution in [0.15, 0.2) is 45.3 Å². The van der Waals surface area contributed by atoms with Gasteiger partial charge in [0, 0.05) is 42.4 Å². The normalized spacial score (nSPS) is 14.3. The molecule has 1 N–H and O–H groups in total. The van der Waals surface area contributed by atoms with Crippen molar-refractivity contribution < 1.29 is 9.59 Å². The zero-order chi connectivity index (χ0) is 21.4. The fourth-order valence-electron chi connectivity index (χ4n) is 3.24. The highest BCUT2D eigenvalue weighted by Gasteiger charge is 2.17. The number of amides is 1. The Labute approximate surface area is 194 Å². The lowest BCUT2D eigenvalue weighted by Crippen LogP contribution is -2.34. The van der Waals surface area contributed by atoms with Crippen LogP contribution in [0.25, 0.3) is 0 Å². The van der Waals surface area contributed by atoms with Crippen LogP contribution >= 0.6 is 43.5 Å². The first-order valence-electron chi connectivity index (χ1n) is 9.43. The van der Waals surface area contributed by atoms with Gasteiger partial charge in [0.15, 0.2) is 0 Å². The van der Waals surface area contributed by atoms with Gasteiger partial charge < -0.3 is 10.2 Å². The van der Waals surface area contributed by atoms with Gasteiger partial charge in [-0.3, -0.25) is 9.59 Å². The number of benzene rings is 2. The Kier molecular flexibility index (Phi) is 9.83. The molecule has 29 heavy (non-hydrogen) atoms. The van der Waals surface area contributed by atoms with Crippen molar-refractivity contribution in [3.63, 3.8) is 0 Å². The summed E-state index contributed by atoms with van der Waals surface area (Å²) in [6.45, 7) is 6.67. The number of carbonyl (C=O) groups is 2. The van der Waals surface area contributed by atoms with Crippen LogP contribution in [0, 0.1) is 0 Å². The molecule has 7 heteroatoms. The molecule has 2 aromatic rings. The molecule has 0 radical (unpaired) electrons. The molecule has 1 amide bonds. The van der Waals surface area contributed by atoms with E-state index in [0.29, 0.717) is 0 Å². The predicted octanol–water partition coefficient (Wildman–Crippen LogP) is 5.22. The zero-order valence-corrected chi connectivity index (χ0v) is 20.5. The molecule has 0 saturated carbocycles. The molecule has 156 valence electrons. The Morgan fingerprint density at radius 1 is 0.931 bits per heavy atom. The largest absolute Gasteiger partial charge is 0.338 e. The third-order valence-corrected chi connectivity index (χ3v) is 5.67. The van der Waals surface area contributed by atoms with E-state index in [1.807, 2.05) is 4.90 Å². The second kappa shape index (κ2) is 11.8. The molecule has 0 bridgehead atoms. The summed E-state index contributed by atoms with van der Waals surface area (Å²) in [6.07, 6.45) is 2.14. The van der Waals surface area contributed by atoms with Crippen molar-refractivity contribution in [2.75, 3.05) is 13.1 Å². The topological polar surface area (TPSA) is 49.4 Å². The Hall–Kier alpha value is -1.21. The highest BCUT2D eigenvalue weighted by Crippen LogP contribution is 2.23. The van der Waals surface area contributed by atoms with Crippen molar-refractivity contribution in [3.8, 4) is 0 Å². The van der Waals surface area contributed by atoms with E-state index < -0.39 is 0 Å². The number of hydrogen-bond donors (Lipinski definition) is 1. The minimum absolute atomic E-state index is 0.163. The lowest BCUT2D eigenvalue weighted by atomic mass is 10.00. The van der Waals surface area contributed by atoms with Gasteiger partial charge in [0.25, 0.3) is 0 Å². The molecule has 0 unspecified atom stereocenters. The third kappa shape index (κ3) is 8.21. The molecule has 0 aromatic heterocycles. The van der Waals surface area contributed by atoms with E-state index in [2.05, 4.69) is 85.2 Å². The van der Waals surface area contributed by atoms with Crippen LogP contribution in [0.3, 0.4) is 0 Å². The van der Waals surface area contributed by atoms with E-state index >= 15 is 0 Å². The predicted molar refractivity (Wildman–Crippen MR) is 125 cm³/mol. The molecule has 4 rings (SSSR count). The number of carbonyl (C=O) groups excluding carboxylic acids is 2. The van der Waals surface area contributed by atoms with Crippen molar-refractivity contribution >= 4 is 54.6 Å². The van der Waals surface area contributed by atoms with Gasteiger partial charge in [0.2, 0.25) is 11.1 Å². The third-order valence-electron chi connectivity index (χ3n) is 4.68. The minimum atomic E-state index is -0.361. The maximum absolute atomic E-state index is 11.2. The minimum Gasteiger partial charge on any atom is -0.338 e. The van der Waals surface area contributed by atoms with Gasteiger partial charge in [0.05, 0.1) is 0 Å². The van der Waals surface area contributed by atoms with Crippen LogP contribution < -0.4 is 5.32 Å². The van der Waals surface area contributed by atoms with E-state index in [4.69, 9.17) is 0 Å². The number of rotatable bonds is 0. The SMILES string of the molecule is Brc1ccc2c(c1)CNCC2.CC(=O)Cl.CC(=O)N1CCc2ccc(Br)cc2C1. The van der Waals surface area contributed by atoms with Crippen LogP contribution in [-0.4, -0.2) is 29.1 Å². The zero-order valence-electron chi connectivity index (χ0n) is 16.6. The maximum Gasteiger partial charge on any atom is 0.219 e. The second-order valence-electron chi connectivity index (χ2n) is 6.91. The number of nitrogens with one attached hydrogen (secondary N) is 1. The molecular weight excluding hydrogens is 520 g/mol. The lowest BCUT2D eigenvalue weighted by Gasteiger charge is -2.27. The molecule has 2 aliphatic rings. The van der Waals surface area contributed by atoms with Gasteiger partial charge >= 0.3 is 0 Å². The van der Waals surface area contributed by atoms with E-state index in [1.165, 1.54) is 40.1 Å². The molecule has 0 saturated heterocycles. The second-order valence-corrected chi connectivity index (χ2v) is 9.28. The smallest absolute Gasteiger partial charge is 0.219 e. The highest BCUT2D eigenvalue weighted by molar-refractivity contribution is 9.10. The maximum atomic E-state index is 11.2. The van der Waals surface area contributed by atoms with Gasteiger partial charge in [-0.25, -0.2) is 0 Å². The summed E-state index contributed by atoms with van der Waals surface area (Å²) in [5.41, 5.74) is 5.56. The summed E-state index contributed by atoms with van der Waals surface area (Å²) >= 11 is 11.5. The van der Waals surface area contributed by atoms with Gasteiger partial charge in [0.1, 0.15) is 0 Å². The van der Waals surface area contributed by atoms with Crippen LogP contribution in [0.2, 0.25) is 0 Å². The number of nitrogens with zero attached hydrogens (tertiary/aromatic N) is 1. The fourth-order valence-corrected chi connectivity index (χ4v) is 4.06. The van der Waals surface area contributed by atoms with Crippen LogP contribution in [0.5, 0.6) is 0 Å². The molecule has 0 atom stereocenters. The molecule has 2 heterocycles. The van der Waals surface area contributed by atoms with Crippen LogP contribution in [0.4, 0.5) is 0 Å². The summed E-state index contributed by atoms with van der Waals surface area (Å²) in [4.78, 5) is 22.3. The van der Waals surface area contributed by atoms with Gasteiger partial charge in [-0.15, -0.1) is 0 Å². The summed E-state index contributed by atoms with van der Waals surface area (Å²) in [5.74, 6) is 0.163. The van der Waals surface area contributed by atoms with E-state index in [0.717, 1.165) is 37.1 Å². The average Bonchev–Trinajstić information content (AvgIpc) is 2.67. The Morgan fingerprint density at radius 3 is 2.07 bits per heavy atom. The molecule has 2 aliphatic heterocycles. The van der Waals surface area contributed by atoms with Crippen molar-refractivity contribution in [2.24, 2.45) is 0 Å². The van der Waals surface area contributed by atoms with Crippen molar-refractivity contribution in [2.45, 2.75) is 39.8 Å². The van der Waals surface area contributed by atoms with Gasteiger partial charge in [-0.2, -0.15) is 0 Å².